The van der Waals surface area contributed by atoms with E-state index in [-0.39, 0.29) is 24.1 Å². The number of aromatic nitrogens is 2. The second kappa shape index (κ2) is 8.12. The van der Waals surface area contributed by atoms with Gasteiger partial charge in [0.25, 0.3) is 5.56 Å². The Kier molecular flexibility index (Phi) is 5.63. The highest BCUT2D eigenvalue weighted by Gasteiger charge is 2.16. The van der Waals surface area contributed by atoms with Gasteiger partial charge in [-0.25, -0.2) is 4.98 Å². The molecule has 1 amide bonds. The van der Waals surface area contributed by atoms with Gasteiger partial charge in [0.1, 0.15) is 18.0 Å². The number of para-hydroxylation sites is 1. The van der Waals surface area contributed by atoms with E-state index >= 15 is 0 Å². The summed E-state index contributed by atoms with van der Waals surface area (Å²) in [6.45, 7) is 3.64. The SMILES string of the molecule is COc1ccc(C(C)NC(=O)Cn2cnc3c(C)cccc3c2=O)c(OC)c1. The number of amides is 1. The fraction of sp³-hybridized carbons (Fsp3) is 0.286. The molecular weight excluding hydrogens is 358 g/mol. The molecule has 0 aliphatic heterocycles. The Labute approximate surface area is 162 Å². The molecule has 0 aliphatic rings. The first kappa shape index (κ1) is 19.4. The third-order valence-electron chi connectivity index (χ3n) is 4.65. The molecule has 28 heavy (non-hydrogen) atoms. The lowest BCUT2D eigenvalue weighted by molar-refractivity contribution is -0.122. The van der Waals surface area contributed by atoms with E-state index in [0.717, 1.165) is 11.1 Å². The molecule has 0 saturated heterocycles. The maximum absolute atomic E-state index is 12.7. The molecule has 1 N–H and O–H groups in total. The second-order valence-electron chi connectivity index (χ2n) is 6.55. The van der Waals surface area contributed by atoms with Gasteiger partial charge in [0.2, 0.25) is 5.91 Å². The Balaban J connectivity index is 1.78. The highest BCUT2D eigenvalue weighted by Crippen LogP contribution is 2.29. The van der Waals surface area contributed by atoms with Crippen molar-refractivity contribution in [1.82, 2.24) is 14.9 Å². The van der Waals surface area contributed by atoms with E-state index < -0.39 is 0 Å². The molecule has 1 heterocycles. The first-order chi connectivity index (χ1) is 13.4. The van der Waals surface area contributed by atoms with Gasteiger partial charge in [-0.05, 0) is 37.6 Å². The van der Waals surface area contributed by atoms with Gasteiger partial charge in [-0.2, -0.15) is 0 Å². The molecule has 2 aromatic carbocycles. The number of nitrogens with one attached hydrogen (secondary N) is 1. The first-order valence-corrected chi connectivity index (χ1v) is 8.90. The van der Waals surface area contributed by atoms with E-state index in [0.29, 0.717) is 22.4 Å². The molecule has 7 heteroatoms. The van der Waals surface area contributed by atoms with Crippen LogP contribution in [-0.2, 0) is 11.3 Å². The zero-order chi connectivity index (χ0) is 20.3. The fourth-order valence-corrected chi connectivity index (χ4v) is 3.15. The predicted octanol–water partition coefficient (Wildman–Crippen LogP) is 2.60. The summed E-state index contributed by atoms with van der Waals surface area (Å²) in [5.74, 6) is 0.997. The van der Waals surface area contributed by atoms with Crippen LogP contribution in [0.4, 0.5) is 0 Å². The van der Waals surface area contributed by atoms with E-state index in [1.54, 1.807) is 32.4 Å². The van der Waals surface area contributed by atoms with Crippen molar-refractivity contribution in [2.75, 3.05) is 14.2 Å². The maximum atomic E-state index is 12.7. The minimum atomic E-state index is -0.306. The zero-order valence-corrected chi connectivity index (χ0v) is 16.4. The number of benzene rings is 2. The van der Waals surface area contributed by atoms with E-state index in [1.807, 2.05) is 32.0 Å². The molecule has 0 aliphatic carbocycles. The Hall–Kier alpha value is -3.35. The van der Waals surface area contributed by atoms with Crippen LogP contribution in [0.1, 0.15) is 24.1 Å². The first-order valence-electron chi connectivity index (χ1n) is 8.90. The summed E-state index contributed by atoms with van der Waals surface area (Å²) in [6, 6.07) is 10.5. The highest BCUT2D eigenvalue weighted by atomic mass is 16.5. The monoisotopic (exact) mass is 381 g/mol. The smallest absolute Gasteiger partial charge is 0.261 e. The molecule has 0 radical (unpaired) electrons. The number of carbonyl (C=O) groups excluding carboxylic acids is 1. The number of aryl methyl sites for hydroxylation is 1. The van der Waals surface area contributed by atoms with Gasteiger partial charge in [-0.3, -0.25) is 14.2 Å². The number of ether oxygens (including phenoxy) is 2. The standard InChI is InChI=1S/C21H23N3O4/c1-13-6-5-7-17-20(13)22-12-24(21(17)26)11-19(25)23-14(2)16-9-8-15(27-3)10-18(16)28-4/h5-10,12,14H,11H2,1-4H3,(H,23,25). The number of carbonyl (C=O) groups is 1. The molecule has 0 spiro atoms. The van der Waals surface area contributed by atoms with Crippen LogP contribution in [0.3, 0.4) is 0 Å². The van der Waals surface area contributed by atoms with Gasteiger partial charge in [0.05, 0.1) is 37.5 Å². The van der Waals surface area contributed by atoms with Crippen molar-refractivity contribution < 1.29 is 14.3 Å². The van der Waals surface area contributed by atoms with Crippen molar-refractivity contribution in [3.63, 3.8) is 0 Å². The molecule has 3 aromatic rings. The summed E-state index contributed by atoms with van der Waals surface area (Å²) < 4.78 is 11.9. The Morgan fingerprint density at radius 2 is 2.00 bits per heavy atom. The van der Waals surface area contributed by atoms with Gasteiger partial charge in [0.15, 0.2) is 0 Å². The summed E-state index contributed by atoms with van der Waals surface area (Å²) in [5, 5.41) is 3.40. The topological polar surface area (TPSA) is 82.5 Å². The van der Waals surface area contributed by atoms with Gasteiger partial charge in [-0.1, -0.05) is 12.1 Å². The minimum absolute atomic E-state index is 0.113. The van der Waals surface area contributed by atoms with Crippen LogP contribution < -0.4 is 20.3 Å². The minimum Gasteiger partial charge on any atom is -0.497 e. The van der Waals surface area contributed by atoms with Crippen LogP contribution in [0.15, 0.2) is 47.5 Å². The number of methoxy groups -OCH3 is 2. The van der Waals surface area contributed by atoms with E-state index in [9.17, 15) is 9.59 Å². The quantitative estimate of drug-likeness (QED) is 0.710. The average molecular weight is 381 g/mol. The van der Waals surface area contributed by atoms with Crippen LogP contribution in [-0.4, -0.2) is 29.7 Å². The zero-order valence-electron chi connectivity index (χ0n) is 16.4. The lowest BCUT2D eigenvalue weighted by Crippen LogP contribution is -2.34. The largest absolute Gasteiger partial charge is 0.497 e. The molecule has 0 bridgehead atoms. The van der Waals surface area contributed by atoms with Crippen molar-refractivity contribution in [2.45, 2.75) is 26.4 Å². The molecule has 146 valence electrons. The lowest BCUT2D eigenvalue weighted by atomic mass is 10.1. The third-order valence-corrected chi connectivity index (χ3v) is 4.65. The maximum Gasteiger partial charge on any atom is 0.261 e. The van der Waals surface area contributed by atoms with Crippen LogP contribution in [0.5, 0.6) is 11.5 Å². The fourth-order valence-electron chi connectivity index (χ4n) is 3.15. The van der Waals surface area contributed by atoms with Crippen LogP contribution in [0.2, 0.25) is 0 Å². The van der Waals surface area contributed by atoms with Gasteiger partial charge in [-0.15, -0.1) is 0 Å². The molecule has 7 nitrogen and oxygen atoms in total. The number of rotatable bonds is 6. The Morgan fingerprint density at radius 3 is 2.71 bits per heavy atom. The highest BCUT2D eigenvalue weighted by molar-refractivity contribution is 5.81. The van der Waals surface area contributed by atoms with Gasteiger partial charge >= 0.3 is 0 Å². The molecule has 0 saturated carbocycles. The summed E-state index contributed by atoms with van der Waals surface area (Å²) in [4.78, 5) is 29.5. The summed E-state index contributed by atoms with van der Waals surface area (Å²) >= 11 is 0. The molecule has 0 fully saturated rings. The normalized spacial score (nSPS) is 11.9. The Morgan fingerprint density at radius 1 is 1.21 bits per heavy atom. The number of hydrogen-bond donors (Lipinski definition) is 1. The van der Waals surface area contributed by atoms with E-state index in [1.165, 1.54) is 10.9 Å². The third kappa shape index (κ3) is 3.83. The summed E-state index contributed by atoms with van der Waals surface area (Å²) in [5.41, 5.74) is 2.15. The van der Waals surface area contributed by atoms with E-state index in [4.69, 9.17) is 9.47 Å². The number of hydrogen-bond acceptors (Lipinski definition) is 5. The molecule has 3 rings (SSSR count). The summed E-state index contributed by atoms with van der Waals surface area (Å²) in [7, 11) is 3.14. The molecule has 1 unspecified atom stereocenters. The van der Waals surface area contributed by atoms with Crippen LogP contribution >= 0.6 is 0 Å². The average Bonchev–Trinajstić information content (AvgIpc) is 2.70. The second-order valence-corrected chi connectivity index (χ2v) is 6.55. The Bertz CT molecular complexity index is 1070. The van der Waals surface area contributed by atoms with Gasteiger partial charge < -0.3 is 14.8 Å². The van der Waals surface area contributed by atoms with E-state index in [2.05, 4.69) is 10.3 Å². The molecule has 1 atom stereocenters. The van der Waals surface area contributed by atoms with Crippen molar-refractivity contribution in [1.29, 1.82) is 0 Å². The molecule has 1 aromatic heterocycles. The van der Waals surface area contributed by atoms with Crippen molar-refractivity contribution in [2.24, 2.45) is 0 Å². The van der Waals surface area contributed by atoms with Gasteiger partial charge in [0, 0.05) is 11.6 Å². The number of fused-ring (bicyclic) bond motifs is 1. The van der Waals surface area contributed by atoms with Crippen LogP contribution in [0, 0.1) is 6.92 Å². The lowest BCUT2D eigenvalue weighted by Gasteiger charge is -2.18. The van der Waals surface area contributed by atoms with Crippen molar-refractivity contribution in [3.05, 3.63) is 64.2 Å². The van der Waals surface area contributed by atoms with Crippen molar-refractivity contribution >= 4 is 16.8 Å². The summed E-state index contributed by atoms with van der Waals surface area (Å²) in [6.07, 6.45) is 1.41. The van der Waals surface area contributed by atoms with Crippen LogP contribution in [0.25, 0.3) is 10.9 Å². The number of nitrogens with zero attached hydrogens (tertiary/aromatic N) is 2. The predicted molar refractivity (Wildman–Crippen MR) is 107 cm³/mol. The molecular formula is C21H23N3O4. The van der Waals surface area contributed by atoms with Crippen molar-refractivity contribution in [3.8, 4) is 11.5 Å².